The molecule has 0 aromatic carbocycles. The van der Waals surface area contributed by atoms with Crippen molar-refractivity contribution in [3.05, 3.63) is 6.33 Å². The lowest BCUT2D eigenvalue weighted by Crippen LogP contribution is -2.45. The first kappa shape index (κ1) is 28.6. The van der Waals surface area contributed by atoms with Gasteiger partial charge >= 0.3 is 0 Å². The number of ether oxygens (including phenoxy) is 1. The largest absolute Gasteiger partial charge is 0.381 e. The summed E-state index contributed by atoms with van der Waals surface area (Å²) in [6.45, 7) is 6.27. The number of fused-ring (bicyclic) bond motifs is 1. The minimum Gasteiger partial charge on any atom is -0.381 e. The summed E-state index contributed by atoms with van der Waals surface area (Å²) in [5, 5.41) is 7.52. The van der Waals surface area contributed by atoms with Gasteiger partial charge in [-0.05, 0) is 83.5 Å². The van der Waals surface area contributed by atoms with Crippen molar-refractivity contribution < 1.29 is 4.74 Å². The number of aromatic nitrogens is 4. The number of piperidine rings is 1. The minimum absolute atomic E-state index is 0.287. The van der Waals surface area contributed by atoms with Crippen molar-refractivity contribution in [2.24, 2.45) is 5.73 Å². The van der Waals surface area contributed by atoms with Gasteiger partial charge in [0.25, 0.3) is 0 Å². The lowest BCUT2D eigenvalue weighted by atomic mass is 9.92. The maximum atomic E-state index is 6.17. The SMILES string of the molecule is CCCCOCCCCCN1CCCCC1Nc1nc(N[C@H]2CC[C@H](N)CC2)nc2c1ncn2C1CCCC1. The van der Waals surface area contributed by atoms with Crippen LogP contribution in [0.5, 0.6) is 0 Å². The molecule has 0 amide bonds. The van der Waals surface area contributed by atoms with Gasteiger partial charge in [0, 0.05) is 44.4 Å². The van der Waals surface area contributed by atoms with Crippen LogP contribution in [0, 0.1) is 0 Å². The van der Waals surface area contributed by atoms with Crippen LogP contribution in [-0.2, 0) is 4.74 Å². The van der Waals surface area contributed by atoms with Crippen LogP contribution in [0.25, 0.3) is 11.2 Å². The number of hydrogen-bond acceptors (Lipinski definition) is 8. The van der Waals surface area contributed by atoms with E-state index in [0.717, 1.165) is 87.8 Å². The van der Waals surface area contributed by atoms with Gasteiger partial charge in [-0.2, -0.15) is 9.97 Å². The lowest BCUT2D eigenvalue weighted by molar-refractivity contribution is 0.123. The fourth-order valence-corrected chi connectivity index (χ4v) is 6.60. The van der Waals surface area contributed by atoms with E-state index in [1.54, 1.807) is 0 Å². The van der Waals surface area contributed by atoms with E-state index in [0.29, 0.717) is 18.1 Å². The van der Waals surface area contributed by atoms with Crippen LogP contribution >= 0.6 is 0 Å². The van der Waals surface area contributed by atoms with Gasteiger partial charge in [-0.25, -0.2) is 4.98 Å². The quantitative estimate of drug-likeness (QED) is 0.257. The van der Waals surface area contributed by atoms with Gasteiger partial charge in [0.15, 0.2) is 17.0 Å². The zero-order valence-electron chi connectivity index (χ0n) is 24.3. The Bertz CT molecular complexity index is 998. The number of nitrogens with zero attached hydrogens (tertiary/aromatic N) is 5. The van der Waals surface area contributed by atoms with Crippen molar-refractivity contribution in [3.63, 3.8) is 0 Å². The summed E-state index contributed by atoms with van der Waals surface area (Å²) in [7, 11) is 0. The second-order valence-corrected chi connectivity index (χ2v) is 12.1. The smallest absolute Gasteiger partial charge is 0.227 e. The van der Waals surface area contributed by atoms with Crippen LogP contribution in [0.2, 0.25) is 0 Å². The zero-order chi connectivity index (χ0) is 26.9. The van der Waals surface area contributed by atoms with E-state index in [1.807, 2.05) is 6.33 Å². The number of likely N-dealkylation sites (tertiary alicyclic amines) is 1. The summed E-state index contributed by atoms with van der Waals surface area (Å²) >= 11 is 0. The molecule has 2 aromatic rings. The number of rotatable bonds is 14. The lowest BCUT2D eigenvalue weighted by Gasteiger charge is -2.36. The van der Waals surface area contributed by atoms with Crippen LogP contribution < -0.4 is 16.4 Å². The Labute approximate surface area is 235 Å². The highest BCUT2D eigenvalue weighted by atomic mass is 16.5. The van der Waals surface area contributed by atoms with Gasteiger partial charge in [-0.3, -0.25) is 4.90 Å². The van der Waals surface area contributed by atoms with Crippen LogP contribution in [0.4, 0.5) is 11.8 Å². The molecule has 1 atom stereocenters. The van der Waals surface area contributed by atoms with Gasteiger partial charge in [-0.15, -0.1) is 0 Å². The van der Waals surface area contributed by atoms with Crippen LogP contribution in [0.15, 0.2) is 6.33 Å². The summed E-state index contributed by atoms with van der Waals surface area (Å²) in [5.41, 5.74) is 8.05. The maximum Gasteiger partial charge on any atom is 0.227 e. The van der Waals surface area contributed by atoms with Gasteiger partial charge < -0.3 is 25.7 Å². The molecule has 4 N–H and O–H groups in total. The molecule has 0 radical (unpaired) electrons. The Balaban J connectivity index is 1.27. The standard InChI is InChI=1S/C30H52N8O/c1-2-3-20-39-21-10-4-8-18-37-19-9-7-13-26(37)34-28-27-29(38(22-32-27)25-11-5-6-12-25)36-30(35-28)33-24-16-14-23(31)15-17-24/h22-26H,2-21,31H2,1H3,(H2,33,34,35,36)/t23-,24-,26?. The minimum atomic E-state index is 0.287. The maximum absolute atomic E-state index is 6.17. The number of imidazole rings is 1. The molecule has 3 fully saturated rings. The monoisotopic (exact) mass is 540 g/mol. The highest BCUT2D eigenvalue weighted by Crippen LogP contribution is 2.34. The topological polar surface area (TPSA) is 106 Å². The molecular formula is C30H52N8O. The average Bonchev–Trinajstić information content (AvgIpc) is 3.63. The Hall–Kier alpha value is -1.97. The van der Waals surface area contributed by atoms with E-state index >= 15 is 0 Å². The van der Waals surface area contributed by atoms with Crippen LogP contribution in [-0.4, -0.2) is 69.0 Å². The molecule has 39 heavy (non-hydrogen) atoms. The molecule has 0 spiro atoms. The summed E-state index contributed by atoms with van der Waals surface area (Å²) in [4.78, 5) is 17.6. The molecule has 1 aliphatic heterocycles. The highest BCUT2D eigenvalue weighted by molar-refractivity contribution is 5.84. The molecule has 2 saturated carbocycles. The number of nitrogens with one attached hydrogen (secondary N) is 2. The van der Waals surface area contributed by atoms with Gasteiger partial charge in [0.2, 0.25) is 5.95 Å². The second-order valence-electron chi connectivity index (χ2n) is 12.1. The molecule has 3 aliphatic rings. The summed E-state index contributed by atoms with van der Waals surface area (Å²) in [6, 6.07) is 1.21. The molecule has 9 heteroatoms. The first-order chi connectivity index (χ1) is 19.2. The van der Waals surface area contributed by atoms with Gasteiger partial charge in [-0.1, -0.05) is 26.2 Å². The first-order valence-electron chi connectivity index (χ1n) is 16.1. The van der Waals surface area contributed by atoms with Gasteiger partial charge in [0.1, 0.15) is 0 Å². The van der Waals surface area contributed by atoms with E-state index in [1.165, 1.54) is 64.2 Å². The molecule has 3 heterocycles. The Morgan fingerprint density at radius 2 is 1.69 bits per heavy atom. The molecular weight excluding hydrogens is 488 g/mol. The van der Waals surface area contributed by atoms with E-state index < -0.39 is 0 Å². The first-order valence-corrected chi connectivity index (χ1v) is 16.1. The molecule has 5 rings (SSSR count). The predicted molar refractivity (Wildman–Crippen MR) is 159 cm³/mol. The summed E-state index contributed by atoms with van der Waals surface area (Å²) in [6.07, 6.45) is 21.2. The average molecular weight is 541 g/mol. The second kappa shape index (κ2) is 14.6. The Morgan fingerprint density at radius 3 is 2.51 bits per heavy atom. The molecule has 9 nitrogen and oxygen atoms in total. The molecule has 0 bridgehead atoms. The predicted octanol–water partition coefficient (Wildman–Crippen LogP) is 5.83. The number of hydrogen-bond donors (Lipinski definition) is 3. The van der Waals surface area contributed by atoms with E-state index in [4.69, 9.17) is 25.4 Å². The van der Waals surface area contributed by atoms with Crippen molar-refractivity contribution in [2.75, 3.05) is 36.9 Å². The molecule has 1 saturated heterocycles. The summed E-state index contributed by atoms with van der Waals surface area (Å²) in [5.74, 6) is 1.61. The fourth-order valence-electron chi connectivity index (χ4n) is 6.60. The van der Waals surface area contributed by atoms with Crippen molar-refractivity contribution in [1.82, 2.24) is 24.4 Å². The Kier molecular flexibility index (Phi) is 10.7. The number of nitrogens with two attached hydrogens (primary N) is 1. The molecule has 2 aromatic heterocycles. The number of unbranched alkanes of at least 4 members (excludes halogenated alkanes) is 3. The van der Waals surface area contributed by atoms with Crippen molar-refractivity contribution in [2.45, 2.75) is 134 Å². The fraction of sp³-hybridized carbons (Fsp3) is 0.833. The van der Waals surface area contributed by atoms with E-state index in [9.17, 15) is 0 Å². The van der Waals surface area contributed by atoms with Crippen LogP contribution in [0.1, 0.15) is 116 Å². The zero-order valence-corrected chi connectivity index (χ0v) is 24.3. The van der Waals surface area contributed by atoms with E-state index in [2.05, 4.69) is 27.0 Å². The number of anilines is 2. The van der Waals surface area contributed by atoms with Crippen molar-refractivity contribution in [3.8, 4) is 0 Å². The molecule has 1 unspecified atom stereocenters. The Morgan fingerprint density at radius 1 is 0.897 bits per heavy atom. The molecule has 2 aliphatic carbocycles. The third kappa shape index (κ3) is 7.82. The molecule has 218 valence electrons. The van der Waals surface area contributed by atoms with E-state index in [-0.39, 0.29) is 6.17 Å². The van der Waals surface area contributed by atoms with Gasteiger partial charge in [0.05, 0.1) is 12.5 Å². The highest BCUT2D eigenvalue weighted by Gasteiger charge is 2.27. The normalized spacial score (nSPS) is 24.9. The summed E-state index contributed by atoms with van der Waals surface area (Å²) < 4.78 is 8.07. The van der Waals surface area contributed by atoms with Crippen molar-refractivity contribution >= 4 is 22.9 Å². The van der Waals surface area contributed by atoms with Crippen LogP contribution in [0.3, 0.4) is 0 Å². The third-order valence-corrected chi connectivity index (χ3v) is 9.04. The van der Waals surface area contributed by atoms with Crippen molar-refractivity contribution in [1.29, 1.82) is 0 Å². The third-order valence-electron chi connectivity index (χ3n) is 9.04.